The number of hydrogen-bond acceptors (Lipinski definition) is 1. The Bertz CT molecular complexity index is 532. The fourth-order valence-electron chi connectivity index (χ4n) is 2.42. The third-order valence-corrected chi connectivity index (χ3v) is 3.08. The molecule has 2 nitrogen and oxygen atoms in total. The fourth-order valence-corrected chi connectivity index (χ4v) is 2.42. The second kappa shape index (κ2) is 4.22. The first-order valence-electron chi connectivity index (χ1n) is 5.20. The molecule has 86 valence electrons. The number of carboxylic acids is 1. The van der Waals surface area contributed by atoms with Gasteiger partial charge in [0.2, 0.25) is 0 Å². The smallest absolute Gasteiger partial charge is 0.315 e. The van der Waals surface area contributed by atoms with Gasteiger partial charge in [0.05, 0.1) is 0 Å². The molecule has 3 heteroatoms. The van der Waals surface area contributed by atoms with Crippen LogP contribution in [0.25, 0.3) is 11.1 Å². The Morgan fingerprint density at radius 3 is 1.71 bits per heavy atom. The SMILES string of the molecule is Cl.O=C(O)C1c2ccccc2-c2ccccc21. The van der Waals surface area contributed by atoms with E-state index in [0.717, 1.165) is 22.3 Å². The highest BCUT2D eigenvalue weighted by Gasteiger charge is 2.32. The topological polar surface area (TPSA) is 37.3 Å². The molecular weight excluding hydrogens is 236 g/mol. The Kier molecular flexibility index (Phi) is 2.90. The van der Waals surface area contributed by atoms with Gasteiger partial charge in [-0.15, -0.1) is 12.4 Å². The number of rotatable bonds is 1. The van der Waals surface area contributed by atoms with Crippen molar-refractivity contribution in [3.63, 3.8) is 0 Å². The maximum absolute atomic E-state index is 11.3. The van der Waals surface area contributed by atoms with Gasteiger partial charge >= 0.3 is 5.97 Å². The van der Waals surface area contributed by atoms with Crippen LogP contribution in [0.2, 0.25) is 0 Å². The summed E-state index contributed by atoms with van der Waals surface area (Å²) in [6.07, 6.45) is 0. The summed E-state index contributed by atoms with van der Waals surface area (Å²) >= 11 is 0. The molecule has 2 aromatic carbocycles. The highest BCUT2D eigenvalue weighted by molar-refractivity contribution is 5.92. The zero-order valence-electron chi connectivity index (χ0n) is 8.96. The van der Waals surface area contributed by atoms with Crippen LogP contribution in [0.5, 0.6) is 0 Å². The molecule has 17 heavy (non-hydrogen) atoms. The van der Waals surface area contributed by atoms with Gasteiger partial charge in [0.15, 0.2) is 0 Å². The molecular formula is C14H11ClO2. The quantitative estimate of drug-likeness (QED) is 0.838. The van der Waals surface area contributed by atoms with E-state index in [1.807, 2.05) is 48.5 Å². The van der Waals surface area contributed by atoms with E-state index in [2.05, 4.69) is 0 Å². The Morgan fingerprint density at radius 1 is 0.882 bits per heavy atom. The van der Waals surface area contributed by atoms with Crippen LogP contribution in [0, 0.1) is 0 Å². The molecule has 0 atom stereocenters. The van der Waals surface area contributed by atoms with Crippen molar-refractivity contribution in [3.8, 4) is 11.1 Å². The molecule has 0 aliphatic heterocycles. The Labute approximate surface area is 105 Å². The van der Waals surface area contributed by atoms with Crippen LogP contribution >= 0.6 is 12.4 Å². The summed E-state index contributed by atoms with van der Waals surface area (Å²) in [6, 6.07) is 15.4. The molecule has 1 N–H and O–H groups in total. The minimum atomic E-state index is -0.780. The maximum Gasteiger partial charge on any atom is 0.315 e. The van der Waals surface area contributed by atoms with Crippen LogP contribution in [0.15, 0.2) is 48.5 Å². The van der Waals surface area contributed by atoms with Gasteiger partial charge in [0.1, 0.15) is 5.92 Å². The van der Waals surface area contributed by atoms with Crippen molar-refractivity contribution in [1.82, 2.24) is 0 Å². The van der Waals surface area contributed by atoms with Crippen LogP contribution in [-0.2, 0) is 4.79 Å². The molecule has 3 rings (SSSR count). The van der Waals surface area contributed by atoms with Gasteiger partial charge in [-0.1, -0.05) is 48.5 Å². The van der Waals surface area contributed by atoms with E-state index in [0.29, 0.717) is 0 Å². The Hall–Kier alpha value is -1.80. The van der Waals surface area contributed by atoms with Gasteiger partial charge in [0.25, 0.3) is 0 Å². The predicted molar refractivity (Wildman–Crippen MR) is 68.6 cm³/mol. The number of aliphatic carboxylic acids is 1. The third kappa shape index (κ3) is 1.61. The average molecular weight is 247 g/mol. The number of fused-ring (bicyclic) bond motifs is 3. The molecule has 1 aliphatic rings. The van der Waals surface area contributed by atoms with Crippen LogP contribution < -0.4 is 0 Å². The van der Waals surface area contributed by atoms with E-state index in [1.165, 1.54) is 0 Å². The van der Waals surface area contributed by atoms with E-state index in [1.54, 1.807) is 0 Å². The van der Waals surface area contributed by atoms with E-state index in [9.17, 15) is 9.90 Å². The summed E-state index contributed by atoms with van der Waals surface area (Å²) in [5.74, 6) is -1.29. The van der Waals surface area contributed by atoms with Crippen molar-refractivity contribution in [1.29, 1.82) is 0 Å². The molecule has 1 aliphatic carbocycles. The van der Waals surface area contributed by atoms with Crippen LogP contribution in [0.3, 0.4) is 0 Å². The molecule has 0 fully saturated rings. The van der Waals surface area contributed by atoms with Gasteiger partial charge in [-0.25, -0.2) is 0 Å². The lowest BCUT2D eigenvalue weighted by Gasteiger charge is -2.06. The van der Waals surface area contributed by atoms with Gasteiger partial charge in [-0.3, -0.25) is 4.79 Å². The highest BCUT2D eigenvalue weighted by atomic mass is 35.5. The molecule has 0 heterocycles. The van der Waals surface area contributed by atoms with E-state index >= 15 is 0 Å². The summed E-state index contributed by atoms with van der Waals surface area (Å²) in [7, 11) is 0. The van der Waals surface area contributed by atoms with Gasteiger partial charge in [-0.2, -0.15) is 0 Å². The van der Waals surface area contributed by atoms with Crippen molar-refractivity contribution >= 4 is 18.4 Å². The molecule has 0 bridgehead atoms. The highest BCUT2D eigenvalue weighted by Crippen LogP contribution is 2.44. The van der Waals surface area contributed by atoms with Crippen molar-refractivity contribution in [2.75, 3.05) is 0 Å². The second-order valence-corrected chi connectivity index (χ2v) is 3.95. The standard InChI is InChI=1S/C14H10O2.ClH/c15-14(16)13-11-7-3-1-5-9(11)10-6-2-4-8-12(10)13;/h1-8,13H,(H,15,16);1H. The second-order valence-electron chi connectivity index (χ2n) is 3.95. The first-order chi connectivity index (χ1) is 7.79. The number of carboxylic acid groups (broad SMARTS) is 1. The molecule has 2 aromatic rings. The molecule has 0 saturated carbocycles. The molecule has 0 spiro atoms. The van der Waals surface area contributed by atoms with E-state index in [-0.39, 0.29) is 12.4 Å². The molecule has 0 amide bonds. The minimum Gasteiger partial charge on any atom is -0.481 e. The lowest BCUT2D eigenvalue weighted by molar-refractivity contribution is -0.137. The average Bonchev–Trinajstić information content (AvgIpc) is 2.63. The van der Waals surface area contributed by atoms with Crippen LogP contribution in [0.4, 0.5) is 0 Å². The summed E-state index contributed by atoms with van der Waals surface area (Å²) in [4.78, 5) is 11.3. The van der Waals surface area contributed by atoms with Gasteiger partial charge in [0, 0.05) is 0 Å². The Morgan fingerprint density at radius 2 is 1.29 bits per heavy atom. The minimum absolute atomic E-state index is 0. The maximum atomic E-state index is 11.3. The summed E-state index contributed by atoms with van der Waals surface area (Å²) < 4.78 is 0. The van der Waals surface area contributed by atoms with Crippen molar-refractivity contribution in [2.24, 2.45) is 0 Å². The summed E-state index contributed by atoms with van der Waals surface area (Å²) in [5.41, 5.74) is 3.89. The number of benzene rings is 2. The number of carbonyl (C=O) groups is 1. The van der Waals surface area contributed by atoms with Crippen molar-refractivity contribution in [2.45, 2.75) is 5.92 Å². The molecule has 0 saturated heterocycles. The largest absolute Gasteiger partial charge is 0.481 e. The molecule has 0 unspecified atom stereocenters. The third-order valence-electron chi connectivity index (χ3n) is 3.08. The Balaban J connectivity index is 0.00000108. The fraction of sp³-hybridized carbons (Fsp3) is 0.0714. The summed E-state index contributed by atoms with van der Waals surface area (Å²) in [6.45, 7) is 0. The van der Waals surface area contributed by atoms with Crippen molar-refractivity contribution in [3.05, 3.63) is 59.7 Å². The predicted octanol–water partition coefficient (Wildman–Crippen LogP) is 3.31. The molecule has 0 aromatic heterocycles. The zero-order valence-corrected chi connectivity index (χ0v) is 9.78. The van der Waals surface area contributed by atoms with Gasteiger partial charge < -0.3 is 5.11 Å². The lowest BCUT2D eigenvalue weighted by atomic mass is 9.97. The van der Waals surface area contributed by atoms with Gasteiger partial charge in [-0.05, 0) is 22.3 Å². The molecule has 0 radical (unpaired) electrons. The zero-order chi connectivity index (χ0) is 11.1. The van der Waals surface area contributed by atoms with Crippen LogP contribution in [0.1, 0.15) is 17.0 Å². The normalized spacial score (nSPS) is 12.5. The monoisotopic (exact) mass is 246 g/mol. The van der Waals surface area contributed by atoms with Crippen molar-refractivity contribution < 1.29 is 9.90 Å². The van der Waals surface area contributed by atoms with E-state index in [4.69, 9.17) is 0 Å². The van der Waals surface area contributed by atoms with E-state index < -0.39 is 11.9 Å². The lowest BCUT2D eigenvalue weighted by Crippen LogP contribution is -2.09. The van der Waals surface area contributed by atoms with Crippen LogP contribution in [-0.4, -0.2) is 11.1 Å². The first-order valence-corrected chi connectivity index (χ1v) is 5.20. The number of hydrogen-bond donors (Lipinski definition) is 1. The number of halogens is 1. The summed E-state index contributed by atoms with van der Waals surface area (Å²) in [5, 5.41) is 9.31. The first kappa shape index (κ1) is 11.7.